The number of hydrogen-bond donors (Lipinski definition) is 0. The molecule has 3 aromatic rings. The lowest BCUT2D eigenvalue weighted by molar-refractivity contribution is -0.133. The highest BCUT2D eigenvalue weighted by molar-refractivity contribution is 5.78. The van der Waals surface area contributed by atoms with Gasteiger partial charge in [-0.05, 0) is 43.7 Å². The van der Waals surface area contributed by atoms with Crippen LogP contribution in [0.25, 0.3) is 5.82 Å². The van der Waals surface area contributed by atoms with Crippen molar-refractivity contribution in [2.24, 2.45) is 0 Å². The van der Waals surface area contributed by atoms with Crippen molar-refractivity contribution in [3.63, 3.8) is 0 Å². The Bertz CT molecular complexity index is 979. The first-order valence-corrected chi connectivity index (χ1v) is 9.80. The highest BCUT2D eigenvalue weighted by Crippen LogP contribution is 2.18. The number of rotatable bonds is 5. The topological polar surface area (TPSA) is 63.5 Å². The van der Waals surface area contributed by atoms with Crippen LogP contribution < -0.4 is 9.64 Å². The number of carbonyl (C=O) groups excluding carboxylic acids is 1. The first-order valence-electron chi connectivity index (χ1n) is 9.80. The molecule has 0 N–H and O–H groups in total. The molecule has 1 aliphatic heterocycles. The maximum Gasteiger partial charge on any atom is 0.260 e. The molecule has 3 heterocycles. The van der Waals surface area contributed by atoms with Gasteiger partial charge in [-0.25, -0.2) is 9.97 Å². The van der Waals surface area contributed by atoms with Gasteiger partial charge in [0.1, 0.15) is 23.2 Å². The molecule has 4 rings (SSSR count). The van der Waals surface area contributed by atoms with E-state index in [1.54, 1.807) is 0 Å². The van der Waals surface area contributed by atoms with Crippen LogP contribution >= 0.6 is 0 Å². The van der Waals surface area contributed by atoms with Crippen molar-refractivity contribution in [3.05, 3.63) is 66.2 Å². The van der Waals surface area contributed by atoms with E-state index in [2.05, 4.69) is 14.9 Å². The number of aromatic nitrogens is 3. The minimum absolute atomic E-state index is 0.0121. The van der Waals surface area contributed by atoms with Crippen molar-refractivity contribution in [3.8, 4) is 11.6 Å². The fourth-order valence-electron chi connectivity index (χ4n) is 3.44. The van der Waals surface area contributed by atoms with Gasteiger partial charge in [-0.15, -0.1) is 0 Å². The summed E-state index contributed by atoms with van der Waals surface area (Å²) < 4.78 is 7.63. The third kappa shape index (κ3) is 4.56. The molecule has 0 spiro atoms. The molecule has 0 atom stereocenters. The summed E-state index contributed by atoms with van der Waals surface area (Å²) in [5, 5.41) is 0. The van der Waals surface area contributed by atoms with Crippen LogP contribution in [0.2, 0.25) is 0 Å². The molecule has 7 nitrogen and oxygen atoms in total. The number of anilines is 1. The number of benzene rings is 1. The molecule has 1 aliphatic rings. The largest absolute Gasteiger partial charge is 0.484 e. The second-order valence-corrected chi connectivity index (χ2v) is 7.19. The third-order valence-electron chi connectivity index (χ3n) is 4.99. The molecule has 1 amide bonds. The Kier molecular flexibility index (Phi) is 5.46. The van der Waals surface area contributed by atoms with Crippen LogP contribution in [0.1, 0.15) is 11.4 Å². The van der Waals surface area contributed by atoms with Gasteiger partial charge in [0, 0.05) is 44.6 Å². The van der Waals surface area contributed by atoms with Crippen molar-refractivity contribution in [1.82, 2.24) is 19.4 Å². The lowest BCUT2D eigenvalue weighted by Gasteiger charge is -2.35. The summed E-state index contributed by atoms with van der Waals surface area (Å²) in [5.41, 5.74) is 1.11. The summed E-state index contributed by atoms with van der Waals surface area (Å²) >= 11 is 0. The van der Waals surface area contributed by atoms with Crippen LogP contribution in [0.3, 0.4) is 0 Å². The van der Waals surface area contributed by atoms with Crippen molar-refractivity contribution < 1.29 is 9.53 Å². The maximum absolute atomic E-state index is 12.5. The fraction of sp³-hybridized carbons (Fsp3) is 0.318. The van der Waals surface area contributed by atoms with Crippen molar-refractivity contribution in [2.45, 2.75) is 13.8 Å². The Labute approximate surface area is 170 Å². The molecule has 1 aromatic carbocycles. The number of ether oxygens (including phenoxy) is 1. The quantitative estimate of drug-likeness (QED) is 0.669. The molecule has 0 unspecified atom stereocenters. The van der Waals surface area contributed by atoms with E-state index in [1.165, 1.54) is 0 Å². The first kappa shape index (κ1) is 19.0. The highest BCUT2D eigenvalue weighted by atomic mass is 16.5. The number of amides is 1. The standard InChI is InChI=1S/C22H25N5O2/c1-17-6-5-7-19(14-17)29-16-22(28)27-12-10-26(11-13-27)21-15-20(23-18(2)24-21)25-8-3-4-9-25/h3-9,14-15H,10-13,16H2,1-2H3. The van der Waals surface area contributed by atoms with E-state index in [1.807, 2.05) is 78.2 Å². The monoisotopic (exact) mass is 391 g/mol. The van der Waals surface area contributed by atoms with Crippen LogP contribution in [-0.4, -0.2) is 58.1 Å². The molecule has 2 aromatic heterocycles. The second-order valence-electron chi connectivity index (χ2n) is 7.19. The van der Waals surface area contributed by atoms with E-state index in [0.29, 0.717) is 13.1 Å². The van der Waals surface area contributed by atoms with Gasteiger partial charge in [0.15, 0.2) is 6.61 Å². The zero-order chi connectivity index (χ0) is 20.2. The van der Waals surface area contributed by atoms with Gasteiger partial charge in [0.2, 0.25) is 0 Å². The molecule has 29 heavy (non-hydrogen) atoms. The van der Waals surface area contributed by atoms with Crippen LogP contribution in [-0.2, 0) is 4.79 Å². The van der Waals surface area contributed by atoms with E-state index >= 15 is 0 Å². The molecule has 7 heteroatoms. The molecule has 150 valence electrons. The SMILES string of the molecule is Cc1cccc(OCC(=O)N2CCN(c3cc(-n4cccc4)nc(C)n3)CC2)c1. The van der Waals surface area contributed by atoms with Gasteiger partial charge in [-0.3, -0.25) is 4.79 Å². The Morgan fingerprint density at radius 2 is 1.69 bits per heavy atom. The first-order chi connectivity index (χ1) is 14.1. The van der Waals surface area contributed by atoms with Gasteiger partial charge < -0.3 is 19.1 Å². The van der Waals surface area contributed by atoms with E-state index in [4.69, 9.17) is 4.74 Å². The molecule has 0 aliphatic carbocycles. The molecular weight excluding hydrogens is 366 g/mol. The number of piperazine rings is 1. The molecule has 0 bridgehead atoms. The summed E-state index contributed by atoms with van der Waals surface area (Å²) in [4.78, 5) is 25.7. The Morgan fingerprint density at radius 1 is 0.966 bits per heavy atom. The lowest BCUT2D eigenvalue weighted by atomic mass is 10.2. The van der Waals surface area contributed by atoms with Crippen molar-refractivity contribution in [2.75, 3.05) is 37.7 Å². The Balaban J connectivity index is 1.35. The van der Waals surface area contributed by atoms with E-state index in [9.17, 15) is 4.79 Å². The van der Waals surface area contributed by atoms with Crippen molar-refractivity contribution >= 4 is 11.7 Å². The zero-order valence-corrected chi connectivity index (χ0v) is 16.8. The number of carbonyl (C=O) groups is 1. The third-order valence-corrected chi connectivity index (χ3v) is 4.99. The number of aryl methyl sites for hydroxylation is 2. The second kappa shape index (κ2) is 8.34. The molecule has 1 fully saturated rings. The van der Waals surface area contributed by atoms with Gasteiger partial charge >= 0.3 is 0 Å². The van der Waals surface area contributed by atoms with Crippen LogP contribution in [0.4, 0.5) is 5.82 Å². The van der Waals surface area contributed by atoms with Gasteiger partial charge in [0.25, 0.3) is 5.91 Å². The predicted molar refractivity (Wildman–Crippen MR) is 112 cm³/mol. The van der Waals surface area contributed by atoms with Crippen molar-refractivity contribution in [1.29, 1.82) is 0 Å². The van der Waals surface area contributed by atoms with Crippen LogP contribution in [0.15, 0.2) is 54.9 Å². The normalized spacial score (nSPS) is 14.1. The molecule has 0 radical (unpaired) electrons. The predicted octanol–water partition coefficient (Wildman–Crippen LogP) is 2.61. The highest BCUT2D eigenvalue weighted by Gasteiger charge is 2.23. The van der Waals surface area contributed by atoms with Crippen LogP contribution in [0, 0.1) is 13.8 Å². The van der Waals surface area contributed by atoms with E-state index in [0.717, 1.165) is 41.9 Å². The summed E-state index contributed by atoms with van der Waals surface area (Å²) in [6.45, 7) is 6.74. The summed E-state index contributed by atoms with van der Waals surface area (Å²) in [6.07, 6.45) is 3.94. The minimum Gasteiger partial charge on any atom is -0.484 e. The Hall–Kier alpha value is -3.35. The molecule has 0 saturated carbocycles. The smallest absolute Gasteiger partial charge is 0.260 e. The van der Waals surface area contributed by atoms with E-state index in [-0.39, 0.29) is 12.5 Å². The summed E-state index contributed by atoms with van der Waals surface area (Å²) in [6, 6.07) is 13.7. The summed E-state index contributed by atoms with van der Waals surface area (Å²) in [5.74, 6) is 3.21. The minimum atomic E-state index is 0.0121. The number of nitrogens with zero attached hydrogens (tertiary/aromatic N) is 5. The van der Waals surface area contributed by atoms with Gasteiger partial charge in [0.05, 0.1) is 0 Å². The van der Waals surface area contributed by atoms with Crippen LogP contribution in [0.5, 0.6) is 5.75 Å². The number of hydrogen-bond acceptors (Lipinski definition) is 5. The average molecular weight is 391 g/mol. The molecular formula is C22H25N5O2. The summed E-state index contributed by atoms with van der Waals surface area (Å²) in [7, 11) is 0. The maximum atomic E-state index is 12.5. The van der Waals surface area contributed by atoms with Gasteiger partial charge in [-0.2, -0.15) is 0 Å². The fourth-order valence-corrected chi connectivity index (χ4v) is 3.44. The average Bonchev–Trinajstić information content (AvgIpc) is 3.27. The Morgan fingerprint density at radius 3 is 2.41 bits per heavy atom. The molecule has 1 saturated heterocycles. The zero-order valence-electron chi connectivity index (χ0n) is 16.8. The lowest BCUT2D eigenvalue weighted by Crippen LogP contribution is -2.50. The van der Waals surface area contributed by atoms with Gasteiger partial charge in [-0.1, -0.05) is 12.1 Å². The van der Waals surface area contributed by atoms with E-state index < -0.39 is 0 Å².